The summed E-state index contributed by atoms with van der Waals surface area (Å²) >= 11 is 0. The molecule has 6 nitrogen and oxygen atoms in total. The largest absolute Gasteiger partial charge is 0.254 e. The van der Waals surface area contributed by atoms with Crippen molar-refractivity contribution in [2.45, 2.75) is 9.79 Å². The third-order valence-electron chi connectivity index (χ3n) is 2.56. The average molecular weight is 348 g/mol. The number of sulfonamides is 2. The molecule has 0 bridgehead atoms. The molecule has 10 heteroatoms. The number of nitrogens with one attached hydrogen (secondary N) is 2. The van der Waals surface area contributed by atoms with Gasteiger partial charge >= 0.3 is 0 Å². The van der Waals surface area contributed by atoms with Crippen molar-refractivity contribution in [1.82, 2.24) is 9.66 Å². The highest BCUT2D eigenvalue weighted by Gasteiger charge is 2.19. The first-order chi connectivity index (χ1) is 10.2. The van der Waals surface area contributed by atoms with Gasteiger partial charge in [0.2, 0.25) is 0 Å². The average Bonchev–Trinajstić information content (AvgIpc) is 2.46. The SMILES string of the molecule is O=S(=O)(NNS(=O)(=O)c1ccc(F)cc1)c1ccc(F)cc1. The fourth-order valence-corrected chi connectivity index (χ4v) is 3.56. The Balaban J connectivity index is 2.17. The minimum Gasteiger partial charge on any atom is -0.207 e. The lowest BCUT2D eigenvalue weighted by Gasteiger charge is -2.09. The van der Waals surface area contributed by atoms with Crippen LogP contribution in [0.1, 0.15) is 0 Å². The number of hydrazine groups is 1. The van der Waals surface area contributed by atoms with Crippen LogP contribution < -0.4 is 9.66 Å². The van der Waals surface area contributed by atoms with Crippen LogP contribution in [0.4, 0.5) is 8.78 Å². The normalized spacial score (nSPS) is 12.3. The Labute approximate surface area is 125 Å². The van der Waals surface area contributed by atoms with Crippen LogP contribution >= 0.6 is 0 Å². The van der Waals surface area contributed by atoms with Crippen molar-refractivity contribution in [1.29, 1.82) is 0 Å². The molecule has 118 valence electrons. The van der Waals surface area contributed by atoms with Crippen molar-refractivity contribution >= 4 is 20.0 Å². The molecule has 2 rings (SSSR count). The topological polar surface area (TPSA) is 92.3 Å². The van der Waals surface area contributed by atoms with Crippen molar-refractivity contribution in [3.63, 3.8) is 0 Å². The van der Waals surface area contributed by atoms with Crippen LogP contribution in [0, 0.1) is 11.6 Å². The summed E-state index contributed by atoms with van der Waals surface area (Å²) in [6.45, 7) is 0. The summed E-state index contributed by atoms with van der Waals surface area (Å²) in [5.74, 6) is -1.27. The van der Waals surface area contributed by atoms with Gasteiger partial charge in [-0.2, -0.15) is 0 Å². The lowest BCUT2D eigenvalue weighted by atomic mass is 10.4. The minimum absolute atomic E-state index is 0.323. The summed E-state index contributed by atoms with van der Waals surface area (Å²) < 4.78 is 72.9. The van der Waals surface area contributed by atoms with Gasteiger partial charge in [-0.25, -0.2) is 25.6 Å². The molecule has 0 unspecified atom stereocenters. The van der Waals surface area contributed by atoms with Crippen molar-refractivity contribution < 1.29 is 25.6 Å². The van der Waals surface area contributed by atoms with E-state index in [1.165, 1.54) is 0 Å². The molecule has 2 aromatic rings. The number of hydrogen-bond acceptors (Lipinski definition) is 4. The number of benzene rings is 2. The molecule has 0 saturated carbocycles. The first-order valence-electron chi connectivity index (χ1n) is 5.75. The highest BCUT2D eigenvalue weighted by Crippen LogP contribution is 2.11. The molecule has 0 aromatic heterocycles. The molecule has 0 aliphatic carbocycles. The summed E-state index contributed by atoms with van der Waals surface area (Å²) in [5, 5.41) is 0. The molecule has 0 aliphatic rings. The van der Waals surface area contributed by atoms with Gasteiger partial charge in [0, 0.05) is 0 Å². The van der Waals surface area contributed by atoms with Gasteiger partial charge in [-0.05, 0) is 48.5 Å². The lowest BCUT2D eigenvalue weighted by Crippen LogP contribution is -2.41. The quantitative estimate of drug-likeness (QED) is 0.793. The van der Waals surface area contributed by atoms with Gasteiger partial charge in [0.05, 0.1) is 9.79 Å². The zero-order valence-corrected chi connectivity index (χ0v) is 12.5. The van der Waals surface area contributed by atoms with E-state index in [0.29, 0.717) is 0 Å². The van der Waals surface area contributed by atoms with Crippen LogP contribution in [0.5, 0.6) is 0 Å². The maximum Gasteiger partial charge on any atom is 0.254 e. The van der Waals surface area contributed by atoms with Crippen LogP contribution in [0.3, 0.4) is 0 Å². The Bertz CT molecular complexity index is 789. The third kappa shape index (κ3) is 3.85. The molecule has 0 aliphatic heterocycles. The van der Waals surface area contributed by atoms with Gasteiger partial charge in [0.1, 0.15) is 11.6 Å². The van der Waals surface area contributed by atoms with E-state index < -0.39 is 31.7 Å². The molecule has 0 fully saturated rings. The second kappa shape index (κ2) is 6.08. The highest BCUT2D eigenvalue weighted by molar-refractivity contribution is 7.92. The monoisotopic (exact) mass is 348 g/mol. The molecule has 22 heavy (non-hydrogen) atoms. The fourth-order valence-electron chi connectivity index (χ4n) is 1.46. The molecule has 0 spiro atoms. The second-order valence-electron chi connectivity index (χ2n) is 4.12. The van der Waals surface area contributed by atoms with E-state index in [4.69, 9.17) is 0 Å². The Morgan fingerprint density at radius 1 is 0.591 bits per heavy atom. The van der Waals surface area contributed by atoms with Crippen molar-refractivity contribution in [2.75, 3.05) is 0 Å². The summed E-state index contributed by atoms with van der Waals surface area (Å²) in [5.41, 5.74) is 0. The molecule has 0 saturated heterocycles. The van der Waals surface area contributed by atoms with E-state index in [9.17, 15) is 25.6 Å². The molecule has 0 heterocycles. The summed E-state index contributed by atoms with van der Waals surface area (Å²) in [7, 11) is -8.41. The van der Waals surface area contributed by atoms with Gasteiger partial charge in [0.15, 0.2) is 0 Å². The van der Waals surface area contributed by atoms with Gasteiger partial charge in [0.25, 0.3) is 20.0 Å². The van der Waals surface area contributed by atoms with Crippen molar-refractivity contribution in [3.8, 4) is 0 Å². The minimum atomic E-state index is -4.21. The molecule has 2 N–H and O–H groups in total. The van der Waals surface area contributed by atoms with Crippen molar-refractivity contribution in [3.05, 3.63) is 60.2 Å². The van der Waals surface area contributed by atoms with Crippen LogP contribution in [-0.2, 0) is 20.0 Å². The Morgan fingerprint density at radius 2 is 0.864 bits per heavy atom. The highest BCUT2D eigenvalue weighted by atomic mass is 32.2. The molecule has 0 radical (unpaired) electrons. The van der Waals surface area contributed by atoms with Gasteiger partial charge in [-0.15, -0.1) is 9.66 Å². The van der Waals surface area contributed by atoms with Gasteiger partial charge in [-0.1, -0.05) is 0 Å². The predicted molar refractivity (Wildman–Crippen MR) is 73.4 cm³/mol. The Hall–Kier alpha value is -1.88. The van der Waals surface area contributed by atoms with E-state index in [-0.39, 0.29) is 9.79 Å². The fraction of sp³-hybridized carbons (Fsp3) is 0. The number of halogens is 2. The number of rotatable bonds is 5. The smallest absolute Gasteiger partial charge is 0.207 e. The molecular formula is C12H10F2N2O4S2. The van der Waals surface area contributed by atoms with Crippen LogP contribution in [0.15, 0.2) is 58.3 Å². The molecule has 2 aromatic carbocycles. The standard InChI is InChI=1S/C12H10F2N2O4S2/c13-9-1-5-11(6-2-9)21(17,18)15-16-22(19,20)12-7-3-10(14)4-8-12/h1-8,15-16H. The van der Waals surface area contributed by atoms with Crippen molar-refractivity contribution in [2.24, 2.45) is 0 Å². The summed E-state index contributed by atoms with van der Waals surface area (Å²) in [4.78, 5) is 2.69. The second-order valence-corrected chi connectivity index (χ2v) is 7.48. The predicted octanol–water partition coefficient (Wildman–Crippen LogP) is 1.14. The van der Waals surface area contributed by atoms with Gasteiger partial charge in [-0.3, -0.25) is 0 Å². The lowest BCUT2D eigenvalue weighted by molar-refractivity contribution is 0.557. The third-order valence-corrected chi connectivity index (χ3v) is 5.21. The van der Waals surface area contributed by atoms with Crippen LogP contribution in [0.25, 0.3) is 0 Å². The van der Waals surface area contributed by atoms with E-state index in [1.54, 1.807) is 9.66 Å². The first-order valence-corrected chi connectivity index (χ1v) is 8.72. The number of hydrogen-bond donors (Lipinski definition) is 2. The van der Waals surface area contributed by atoms with Crippen LogP contribution in [0.2, 0.25) is 0 Å². The van der Waals surface area contributed by atoms with E-state index in [1.807, 2.05) is 0 Å². The summed E-state index contributed by atoms with van der Waals surface area (Å²) in [6, 6.07) is 7.58. The molecule has 0 atom stereocenters. The summed E-state index contributed by atoms with van der Waals surface area (Å²) in [6.07, 6.45) is 0. The van der Waals surface area contributed by atoms with E-state index >= 15 is 0 Å². The first kappa shape index (κ1) is 16.5. The van der Waals surface area contributed by atoms with E-state index in [0.717, 1.165) is 48.5 Å². The molecule has 0 amide bonds. The van der Waals surface area contributed by atoms with Gasteiger partial charge < -0.3 is 0 Å². The van der Waals surface area contributed by atoms with E-state index in [2.05, 4.69) is 0 Å². The zero-order chi connectivity index (χ0) is 16.4. The maximum absolute atomic E-state index is 12.7. The van der Waals surface area contributed by atoms with Crippen LogP contribution in [-0.4, -0.2) is 16.8 Å². The Morgan fingerprint density at radius 3 is 1.14 bits per heavy atom. The zero-order valence-electron chi connectivity index (χ0n) is 10.8. The maximum atomic E-state index is 12.7. The molecular weight excluding hydrogens is 338 g/mol. The Kier molecular flexibility index (Phi) is 4.56.